The molecule has 0 amide bonds. The number of nitrogens with one attached hydrogen (secondary N) is 2. The van der Waals surface area contributed by atoms with Crippen LogP contribution in [-0.4, -0.2) is 46.5 Å². The summed E-state index contributed by atoms with van der Waals surface area (Å²) in [5, 5.41) is 7.24. The van der Waals surface area contributed by atoms with Gasteiger partial charge in [-0.15, -0.1) is 0 Å². The normalized spacial score (nSPS) is 11.5. The molecule has 21 heavy (non-hydrogen) atoms. The van der Waals surface area contributed by atoms with Gasteiger partial charge < -0.3 is 20.1 Å². The number of methoxy groups -OCH3 is 1. The van der Waals surface area contributed by atoms with Crippen LogP contribution < -0.4 is 10.6 Å². The molecular formula is C15H24ClN3O2. The largest absolute Gasteiger partial charge is 0.382 e. The predicted molar refractivity (Wildman–Crippen MR) is 87.0 cm³/mol. The van der Waals surface area contributed by atoms with E-state index in [2.05, 4.69) is 15.6 Å². The van der Waals surface area contributed by atoms with Crippen LogP contribution in [0.15, 0.2) is 29.3 Å². The Labute approximate surface area is 131 Å². The van der Waals surface area contributed by atoms with E-state index in [1.807, 2.05) is 24.3 Å². The molecule has 0 saturated heterocycles. The Bertz CT molecular complexity index is 410. The fourth-order valence-corrected chi connectivity index (χ4v) is 1.76. The second kappa shape index (κ2) is 11.4. The fourth-order valence-electron chi connectivity index (χ4n) is 1.63. The number of nitrogens with zero attached hydrogens (tertiary/aromatic N) is 1. The highest BCUT2D eigenvalue weighted by atomic mass is 35.5. The lowest BCUT2D eigenvalue weighted by atomic mass is 10.2. The maximum atomic E-state index is 5.86. The van der Waals surface area contributed by atoms with Crippen LogP contribution in [0.25, 0.3) is 0 Å². The Morgan fingerprint density at radius 1 is 1.14 bits per heavy atom. The van der Waals surface area contributed by atoms with Gasteiger partial charge in [0.25, 0.3) is 0 Å². The third-order valence-corrected chi connectivity index (χ3v) is 3.04. The summed E-state index contributed by atoms with van der Waals surface area (Å²) in [6, 6.07) is 7.75. The van der Waals surface area contributed by atoms with Gasteiger partial charge in [-0.3, -0.25) is 4.99 Å². The van der Waals surface area contributed by atoms with Gasteiger partial charge in [-0.05, 0) is 24.1 Å². The molecule has 0 spiro atoms. The van der Waals surface area contributed by atoms with Gasteiger partial charge in [-0.2, -0.15) is 0 Å². The van der Waals surface area contributed by atoms with Crippen LogP contribution in [-0.2, 0) is 16.0 Å². The van der Waals surface area contributed by atoms with E-state index in [4.69, 9.17) is 21.1 Å². The Kier molecular flexibility index (Phi) is 9.61. The van der Waals surface area contributed by atoms with E-state index in [1.54, 1.807) is 14.2 Å². The maximum absolute atomic E-state index is 5.86. The van der Waals surface area contributed by atoms with Gasteiger partial charge in [0.1, 0.15) is 0 Å². The molecule has 2 N–H and O–H groups in total. The molecule has 1 aromatic rings. The molecular weight excluding hydrogens is 290 g/mol. The first-order valence-corrected chi connectivity index (χ1v) is 7.39. The quantitative estimate of drug-likeness (QED) is 0.416. The number of aliphatic imine (C=N–C) groups is 1. The van der Waals surface area contributed by atoms with Crippen molar-refractivity contribution in [1.82, 2.24) is 10.6 Å². The first-order chi connectivity index (χ1) is 10.3. The highest BCUT2D eigenvalue weighted by Crippen LogP contribution is 2.08. The topological polar surface area (TPSA) is 54.9 Å². The molecule has 0 fully saturated rings. The van der Waals surface area contributed by atoms with Gasteiger partial charge in [0.2, 0.25) is 0 Å². The monoisotopic (exact) mass is 313 g/mol. The SMILES string of the molecule is CN=C(NCCCOCCOC)NCc1ccc(Cl)cc1. The van der Waals surface area contributed by atoms with Gasteiger partial charge >= 0.3 is 0 Å². The van der Waals surface area contributed by atoms with E-state index in [-0.39, 0.29) is 0 Å². The fraction of sp³-hybridized carbons (Fsp3) is 0.533. The maximum Gasteiger partial charge on any atom is 0.191 e. The molecule has 0 bridgehead atoms. The number of benzene rings is 1. The van der Waals surface area contributed by atoms with E-state index in [1.165, 1.54) is 0 Å². The second-order valence-electron chi connectivity index (χ2n) is 4.44. The van der Waals surface area contributed by atoms with Crippen molar-refractivity contribution in [3.05, 3.63) is 34.9 Å². The standard InChI is InChI=1S/C15H24ClN3O2/c1-17-15(18-8-3-9-21-11-10-20-2)19-12-13-4-6-14(16)7-5-13/h4-7H,3,8-12H2,1-2H3,(H2,17,18,19). The first kappa shape index (κ1) is 17.8. The third-order valence-electron chi connectivity index (χ3n) is 2.79. The van der Waals surface area contributed by atoms with Gasteiger partial charge in [-0.25, -0.2) is 0 Å². The first-order valence-electron chi connectivity index (χ1n) is 7.02. The summed E-state index contributed by atoms with van der Waals surface area (Å²) in [6.07, 6.45) is 0.922. The Balaban J connectivity index is 2.13. The Morgan fingerprint density at radius 2 is 1.90 bits per heavy atom. The predicted octanol–water partition coefficient (Wildman–Crippen LogP) is 2.06. The zero-order chi connectivity index (χ0) is 15.3. The van der Waals surface area contributed by atoms with Crippen molar-refractivity contribution in [1.29, 1.82) is 0 Å². The lowest BCUT2D eigenvalue weighted by molar-refractivity contribution is 0.0698. The summed E-state index contributed by atoms with van der Waals surface area (Å²) < 4.78 is 10.3. The van der Waals surface area contributed by atoms with E-state index < -0.39 is 0 Å². The summed E-state index contributed by atoms with van der Waals surface area (Å²) in [6.45, 7) is 3.51. The molecule has 1 rings (SSSR count). The molecule has 0 heterocycles. The van der Waals surface area contributed by atoms with Crippen molar-refractivity contribution >= 4 is 17.6 Å². The van der Waals surface area contributed by atoms with Crippen molar-refractivity contribution in [3.8, 4) is 0 Å². The average molecular weight is 314 g/mol. The van der Waals surface area contributed by atoms with Crippen LogP contribution in [0, 0.1) is 0 Å². The smallest absolute Gasteiger partial charge is 0.191 e. The van der Waals surface area contributed by atoms with Crippen molar-refractivity contribution in [2.24, 2.45) is 4.99 Å². The molecule has 118 valence electrons. The molecule has 0 aliphatic carbocycles. The minimum Gasteiger partial charge on any atom is -0.382 e. The van der Waals surface area contributed by atoms with Crippen LogP contribution in [0.3, 0.4) is 0 Å². The number of guanidine groups is 1. The minimum absolute atomic E-state index is 0.637. The van der Waals surface area contributed by atoms with Gasteiger partial charge in [0.15, 0.2) is 5.96 Å². The number of halogens is 1. The van der Waals surface area contributed by atoms with Crippen molar-refractivity contribution in [2.45, 2.75) is 13.0 Å². The Hall–Kier alpha value is -1.30. The summed E-state index contributed by atoms with van der Waals surface area (Å²) in [5.41, 5.74) is 1.16. The summed E-state index contributed by atoms with van der Waals surface area (Å²) in [5.74, 6) is 0.779. The van der Waals surface area contributed by atoms with E-state index in [0.717, 1.165) is 29.5 Å². The van der Waals surface area contributed by atoms with Crippen molar-refractivity contribution < 1.29 is 9.47 Å². The highest BCUT2D eigenvalue weighted by Gasteiger charge is 1.98. The lowest BCUT2D eigenvalue weighted by Crippen LogP contribution is -2.37. The van der Waals surface area contributed by atoms with E-state index in [9.17, 15) is 0 Å². The Morgan fingerprint density at radius 3 is 2.57 bits per heavy atom. The number of hydrogen-bond acceptors (Lipinski definition) is 3. The molecule has 5 nitrogen and oxygen atoms in total. The van der Waals surface area contributed by atoms with Crippen LogP contribution >= 0.6 is 11.6 Å². The van der Waals surface area contributed by atoms with Crippen LogP contribution in [0.1, 0.15) is 12.0 Å². The molecule has 0 atom stereocenters. The molecule has 0 saturated carbocycles. The summed E-state index contributed by atoms with van der Waals surface area (Å²) >= 11 is 5.86. The molecule has 6 heteroatoms. The van der Waals surface area contributed by atoms with Crippen LogP contribution in [0.2, 0.25) is 5.02 Å². The average Bonchev–Trinajstić information content (AvgIpc) is 2.51. The van der Waals surface area contributed by atoms with Gasteiger partial charge in [0.05, 0.1) is 13.2 Å². The van der Waals surface area contributed by atoms with Crippen molar-refractivity contribution in [3.63, 3.8) is 0 Å². The molecule has 0 radical (unpaired) electrons. The highest BCUT2D eigenvalue weighted by molar-refractivity contribution is 6.30. The summed E-state index contributed by atoms with van der Waals surface area (Å²) in [7, 11) is 3.42. The van der Waals surface area contributed by atoms with Gasteiger partial charge in [0, 0.05) is 38.9 Å². The molecule has 0 unspecified atom stereocenters. The molecule has 1 aromatic carbocycles. The molecule has 0 aliphatic heterocycles. The number of rotatable bonds is 9. The van der Waals surface area contributed by atoms with E-state index in [0.29, 0.717) is 26.4 Å². The summed E-state index contributed by atoms with van der Waals surface area (Å²) in [4.78, 5) is 4.18. The minimum atomic E-state index is 0.637. The van der Waals surface area contributed by atoms with Gasteiger partial charge in [-0.1, -0.05) is 23.7 Å². The molecule has 0 aliphatic rings. The zero-order valence-electron chi connectivity index (χ0n) is 12.7. The number of hydrogen-bond donors (Lipinski definition) is 2. The third kappa shape index (κ3) is 8.55. The van der Waals surface area contributed by atoms with Crippen LogP contribution in [0.4, 0.5) is 0 Å². The van der Waals surface area contributed by atoms with E-state index >= 15 is 0 Å². The van der Waals surface area contributed by atoms with Crippen molar-refractivity contribution in [2.75, 3.05) is 40.5 Å². The lowest BCUT2D eigenvalue weighted by Gasteiger charge is -2.12. The van der Waals surface area contributed by atoms with Crippen LogP contribution in [0.5, 0.6) is 0 Å². The number of ether oxygens (including phenoxy) is 2. The zero-order valence-corrected chi connectivity index (χ0v) is 13.4. The molecule has 0 aromatic heterocycles. The second-order valence-corrected chi connectivity index (χ2v) is 4.87.